The second-order valence-corrected chi connectivity index (χ2v) is 4.15. The molecule has 0 spiro atoms. The van der Waals surface area contributed by atoms with Crippen LogP contribution in [-0.2, 0) is 0 Å². The fourth-order valence-electron chi connectivity index (χ4n) is 1.76. The number of halogens is 1. The van der Waals surface area contributed by atoms with Crippen molar-refractivity contribution < 1.29 is 4.74 Å². The molecule has 0 bridgehead atoms. The number of fused-ring (bicyclic) bond motifs is 1. The second kappa shape index (κ2) is 4.27. The smallest absolute Gasteiger partial charge is 0.142 e. The minimum Gasteiger partial charge on any atom is -0.496 e. The fraction of sp³-hybridized carbons (Fsp3) is 0.0833. The maximum atomic E-state index is 5.93. The highest BCUT2D eigenvalue weighted by Gasteiger charge is 2.11. The van der Waals surface area contributed by atoms with E-state index in [2.05, 4.69) is 20.2 Å². The van der Waals surface area contributed by atoms with E-state index in [1.807, 2.05) is 6.07 Å². The Morgan fingerprint density at radius 1 is 1.22 bits per heavy atom. The summed E-state index contributed by atoms with van der Waals surface area (Å²) in [6.07, 6.45) is 3.24. The quantitative estimate of drug-likeness (QED) is 0.769. The third-order valence-electron chi connectivity index (χ3n) is 2.61. The van der Waals surface area contributed by atoms with Crippen LogP contribution in [0.1, 0.15) is 0 Å². The Morgan fingerprint density at radius 2 is 2.06 bits per heavy atom. The summed E-state index contributed by atoms with van der Waals surface area (Å²) < 4.78 is 5.30. The van der Waals surface area contributed by atoms with Gasteiger partial charge in [-0.2, -0.15) is 10.2 Å². The lowest BCUT2D eigenvalue weighted by Gasteiger charge is -2.05. The molecule has 2 aromatic heterocycles. The van der Waals surface area contributed by atoms with Crippen LogP contribution in [0, 0.1) is 0 Å². The van der Waals surface area contributed by atoms with Gasteiger partial charge in [0.15, 0.2) is 0 Å². The number of nitrogens with one attached hydrogen (secondary N) is 1. The van der Waals surface area contributed by atoms with E-state index in [0.717, 1.165) is 16.6 Å². The van der Waals surface area contributed by atoms with Crippen LogP contribution < -0.4 is 4.74 Å². The number of H-pyrrole nitrogens is 1. The van der Waals surface area contributed by atoms with E-state index in [-0.39, 0.29) is 0 Å². The first-order chi connectivity index (χ1) is 8.78. The lowest BCUT2D eigenvalue weighted by molar-refractivity contribution is 0.416. The van der Waals surface area contributed by atoms with Crippen LogP contribution in [0.15, 0.2) is 30.6 Å². The van der Waals surface area contributed by atoms with Crippen LogP contribution in [0.4, 0.5) is 0 Å². The topological polar surface area (TPSA) is 63.7 Å². The van der Waals surface area contributed by atoms with Crippen LogP contribution in [-0.4, -0.2) is 27.3 Å². The Labute approximate surface area is 108 Å². The molecule has 90 valence electrons. The van der Waals surface area contributed by atoms with Gasteiger partial charge in [-0.25, -0.2) is 4.98 Å². The van der Waals surface area contributed by atoms with Crippen LogP contribution in [0.3, 0.4) is 0 Å². The Morgan fingerprint density at radius 3 is 2.83 bits per heavy atom. The zero-order valence-electron chi connectivity index (χ0n) is 9.51. The summed E-state index contributed by atoms with van der Waals surface area (Å²) >= 11 is 5.93. The summed E-state index contributed by atoms with van der Waals surface area (Å²) in [7, 11) is 1.60. The number of nitrogens with zero attached hydrogens (tertiary/aromatic N) is 3. The van der Waals surface area contributed by atoms with Crippen molar-refractivity contribution in [3.63, 3.8) is 0 Å². The average Bonchev–Trinajstić information content (AvgIpc) is 2.82. The molecule has 0 atom stereocenters. The molecular formula is C12H9ClN4O. The number of hydrogen-bond acceptors (Lipinski definition) is 4. The molecule has 18 heavy (non-hydrogen) atoms. The van der Waals surface area contributed by atoms with Crippen molar-refractivity contribution in [1.82, 2.24) is 20.2 Å². The SMILES string of the molecule is COc1cc(Cl)ccc1-c1nc2cnncc2[nH]1. The third-order valence-corrected chi connectivity index (χ3v) is 2.85. The van der Waals surface area contributed by atoms with E-state index in [1.54, 1.807) is 31.6 Å². The van der Waals surface area contributed by atoms with Crippen molar-refractivity contribution in [2.75, 3.05) is 7.11 Å². The molecular weight excluding hydrogens is 252 g/mol. The van der Waals surface area contributed by atoms with Gasteiger partial charge in [0, 0.05) is 5.02 Å². The van der Waals surface area contributed by atoms with Crippen LogP contribution in [0.5, 0.6) is 5.75 Å². The number of methoxy groups -OCH3 is 1. The third kappa shape index (κ3) is 1.78. The predicted molar refractivity (Wildman–Crippen MR) is 68.7 cm³/mol. The molecule has 0 aliphatic rings. The Balaban J connectivity index is 2.19. The predicted octanol–water partition coefficient (Wildman–Crippen LogP) is 2.68. The molecule has 0 radical (unpaired) electrons. The Hall–Kier alpha value is -2.14. The summed E-state index contributed by atoms with van der Waals surface area (Å²) in [5, 5.41) is 8.22. The van der Waals surface area contributed by atoms with E-state index in [9.17, 15) is 0 Å². The molecule has 1 aromatic carbocycles. The lowest BCUT2D eigenvalue weighted by Crippen LogP contribution is -1.89. The molecule has 1 N–H and O–H groups in total. The molecule has 5 nitrogen and oxygen atoms in total. The highest BCUT2D eigenvalue weighted by Crippen LogP contribution is 2.31. The molecule has 0 unspecified atom stereocenters. The van der Waals surface area contributed by atoms with Crippen LogP contribution >= 0.6 is 11.6 Å². The van der Waals surface area contributed by atoms with Gasteiger partial charge in [0.25, 0.3) is 0 Å². The molecule has 0 saturated heterocycles. The first kappa shape index (κ1) is 11.0. The van der Waals surface area contributed by atoms with E-state index in [0.29, 0.717) is 16.6 Å². The minimum atomic E-state index is 0.620. The zero-order chi connectivity index (χ0) is 12.5. The van der Waals surface area contributed by atoms with E-state index >= 15 is 0 Å². The summed E-state index contributed by atoms with van der Waals surface area (Å²) in [6, 6.07) is 5.41. The number of hydrogen-bond donors (Lipinski definition) is 1. The molecule has 3 rings (SSSR count). The van der Waals surface area contributed by atoms with Crippen molar-refractivity contribution in [3.05, 3.63) is 35.6 Å². The van der Waals surface area contributed by atoms with Crippen molar-refractivity contribution >= 4 is 22.6 Å². The normalized spacial score (nSPS) is 10.8. The second-order valence-electron chi connectivity index (χ2n) is 3.72. The lowest BCUT2D eigenvalue weighted by atomic mass is 10.2. The minimum absolute atomic E-state index is 0.620. The van der Waals surface area contributed by atoms with Gasteiger partial charge in [-0.3, -0.25) is 0 Å². The summed E-state index contributed by atoms with van der Waals surface area (Å²) in [5.74, 6) is 1.37. The van der Waals surface area contributed by atoms with E-state index in [4.69, 9.17) is 16.3 Å². The largest absolute Gasteiger partial charge is 0.496 e. The number of aromatic amines is 1. The molecule has 0 fully saturated rings. The van der Waals surface area contributed by atoms with Gasteiger partial charge < -0.3 is 9.72 Å². The van der Waals surface area contributed by atoms with Crippen molar-refractivity contribution in [2.45, 2.75) is 0 Å². The maximum absolute atomic E-state index is 5.93. The summed E-state index contributed by atoms with van der Waals surface area (Å²) in [4.78, 5) is 7.61. The molecule has 0 aliphatic carbocycles. The van der Waals surface area contributed by atoms with Gasteiger partial charge >= 0.3 is 0 Å². The van der Waals surface area contributed by atoms with Crippen molar-refractivity contribution in [3.8, 4) is 17.1 Å². The number of benzene rings is 1. The Bertz CT molecular complexity index is 677. The first-order valence-electron chi connectivity index (χ1n) is 5.28. The van der Waals surface area contributed by atoms with Gasteiger partial charge in [-0.05, 0) is 18.2 Å². The van der Waals surface area contributed by atoms with Crippen LogP contribution in [0.25, 0.3) is 22.4 Å². The Kier molecular flexibility index (Phi) is 2.60. The maximum Gasteiger partial charge on any atom is 0.142 e. The first-order valence-corrected chi connectivity index (χ1v) is 5.66. The number of imidazole rings is 1. The van der Waals surface area contributed by atoms with Gasteiger partial charge in [0.1, 0.15) is 17.1 Å². The molecule has 6 heteroatoms. The molecule has 0 amide bonds. The molecule has 0 aliphatic heterocycles. The zero-order valence-corrected chi connectivity index (χ0v) is 10.3. The fourth-order valence-corrected chi connectivity index (χ4v) is 1.93. The molecule has 3 aromatic rings. The number of rotatable bonds is 2. The monoisotopic (exact) mass is 260 g/mol. The van der Waals surface area contributed by atoms with Gasteiger partial charge in [0.2, 0.25) is 0 Å². The highest BCUT2D eigenvalue weighted by atomic mass is 35.5. The number of ether oxygens (including phenoxy) is 1. The summed E-state index contributed by atoms with van der Waals surface area (Å²) in [6.45, 7) is 0. The summed E-state index contributed by atoms with van der Waals surface area (Å²) in [5.41, 5.74) is 2.44. The van der Waals surface area contributed by atoms with Crippen LogP contribution in [0.2, 0.25) is 5.02 Å². The van der Waals surface area contributed by atoms with E-state index in [1.165, 1.54) is 0 Å². The standard InChI is InChI=1S/C12H9ClN4O/c1-18-11-4-7(13)2-3-8(11)12-16-9-5-14-15-6-10(9)17-12/h2-6H,1H3,(H,16,17). The van der Waals surface area contributed by atoms with Gasteiger partial charge in [-0.15, -0.1) is 0 Å². The highest BCUT2D eigenvalue weighted by molar-refractivity contribution is 6.30. The molecule has 2 heterocycles. The van der Waals surface area contributed by atoms with Gasteiger partial charge in [-0.1, -0.05) is 11.6 Å². The number of aromatic nitrogens is 4. The van der Waals surface area contributed by atoms with E-state index < -0.39 is 0 Å². The van der Waals surface area contributed by atoms with Gasteiger partial charge in [0.05, 0.1) is 30.6 Å². The van der Waals surface area contributed by atoms with Crippen molar-refractivity contribution in [2.24, 2.45) is 0 Å². The van der Waals surface area contributed by atoms with Crippen molar-refractivity contribution in [1.29, 1.82) is 0 Å². The molecule has 0 saturated carbocycles. The average molecular weight is 261 g/mol.